The first-order valence-corrected chi connectivity index (χ1v) is 7.03. The number of carbonyl (C=O) groups is 1. The minimum absolute atomic E-state index is 0.138. The summed E-state index contributed by atoms with van der Waals surface area (Å²) in [5, 5.41) is 32.3. The third-order valence-electron chi connectivity index (χ3n) is 3.86. The van der Waals surface area contributed by atoms with Gasteiger partial charge in [-0.05, 0) is 25.0 Å². The lowest BCUT2D eigenvalue weighted by Crippen LogP contribution is -2.42. The zero-order valence-electron chi connectivity index (χ0n) is 11.4. The number of rotatable bonds is 3. The number of aliphatic hydroxyl groups is 1. The highest BCUT2D eigenvalue weighted by atomic mass is 16.3. The van der Waals surface area contributed by atoms with Crippen LogP contribution in [0, 0.1) is 0 Å². The lowest BCUT2D eigenvalue weighted by atomic mass is 9.94. The maximum atomic E-state index is 12.0. The van der Waals surface area contributed by atoms with Gasteiger partial charge in [-0.1, -0.05) is 31.7 Å². The summed E-state index contributed by atoms with van der Waals surface area (Å²) in [5.41, 5.74) is -1.03. The third-order valence-corrected chi connectivity index (χ3v) is 3.86. The van der Waals surface area contributed by atoms with E-state index in [1.807, 2.05) is 0 Å². The van der Waals surface area contributed by atoms with E-state index < -0.39 is 11.5 Å². The standard InChI is InChI=1S/C15H21NO4/c17-11-6-5-7-12(18)13(11)14(19)16-10-15(20)8-3-1-2-4-9-15/h5-7,17-18,20H,1-4,8-10H2,(H,16,19). The number of nitrogens with one attached hydrogen (secondary N) is 1. The molecule has 110 valence electrons. The van der Waals surface area contributed by atoms with Crippen LogP contribution in [0.25, 0.3) is 0 Å². The molecule has 0 bridgehead atoms. The van der Waals surface area contributed by atoms with Crippen molar-refractivity contribution >= 4 is 5.91 Å². The van der Waals surface area contributed by atoms with Gasteiger partial charge in [0, 0.05) is 6.54 Å². The molecule has 1 aromatic carbocycles. The smallest absolute Gasteiger partial charge is 0.258 e. The van der Waals surface area contributed by atoms with Crippen molar-refractivity contribution in [1.29, 1.82) is 0 Å². The van der Waals surface area contributed by atoms with Gasteiger partial charge in [-0.2, -0.15) is 0 Å². The van der Waals surface area contributed by atoms with E-state index in [0.29, 0.717) is 12.8 Å². The Morgan fingerprint density at radius 1 is 1.10 bits per heavy atom. The number of aromatic hydroxyl groups is 2. The van der Waals surface area contributed by atoms with Crippen LogP contribution in [0.4, 0.5) is 0 Å². The Morgan fingerprint density at radius 2 is 1.65 bits per heavy atom. The van der Waals surface area contributed by atoms with Crippen molar-refractivity contribution in [2.45, 2.75) is 44.1 Å². The van der Waals surface area contributed by atoms with Crippen LogP contribution < -0.4 is 5.32 Å². The van der Waals surface area contributed by atoms with Gasteiger partial charge in [-0.3, -0.25) is 4.79 Å². The Labute approximate surface area is 118 Å². The van der Waals surface area contributed by atoms with E-state index in [0.717, 1.165) is 25.7 Å². The predicted molar refractivity (Wildman–Crippen MR) is 74.8 cm³/mol. The van der Waals surface area contributed by atoms with E-state index in [9.17, 15) is 20.1 Å². The Bertz CT molecular complexity index is 459. The van der Waals surface area contributed by atoms with E-state index in [4.69, 9.17) is 0 Å². The van der Waals surface area contributed by atoms with Gasteiger partial charge in [0.05, 0.1) is 5.60 Å². The van der Waals surface area contributed by atoms with Gasteiger partial charge in [-0.15, -0.1) is 0 Å². The van der Waals surface area contributed by atoms with Crippen molar-refractivity contribution < 1.29 is 20.1 Å². The van der Waals surface area contributed by atoms with Gasteiger partial charge in [0.15, 0.2) is 0 Å². The molecular formula is C15H21NO4. The molecule has 0 heterocycles. The van der Waals surface area contributed by atoms with Gasteiger partial charge < -0.3 is 20.6 Å². The topological polar surface area (TPSA) is 89.8 Å². The van der Waals surface area contributed by atoms with E-state index >= 15 is 0 Å². The molecule has 0 spiro atoms. The first-order valence-electron chi connectivity index (χ1n) is 7.03. The normalized spacial score (nSPS) is 18.2. The Morgan fingerprint density at radius 3 is 2.20 bits per heavy atom. The van der Waals surface area contributed by atoms with E-state index in [1.54, 1.807) is 0 Å². The second-order valence-corrected chi connectivity index (χ2v) is 5.49. The lowest BCUT2D eigenvalue weighted by molar-refractivity contribution is 0.0245. The minimum Gasteiger partial charge on any atom is -0.507 e. The van der Waals surface area contributed by atoms with E-state index in [-0.39, 0.29) is 23.6 Å². The fourth-order valence-corrected chi connectivity index (χ4v) is 2.66. The van der Waals surface area contributed by atoms with Crippen LogP contribution in [0.2, 0.25) is 0 Å². The molecule has 1 aliphatic carbocycles. The van der Waals surface area contributed by atoms with Crippen molar-refractivity contribution in [2.24, 2.45) is 0 Å². The molecule has 2 rings (SSSR count). The molecule has 5 nitrogen and oxygen atoms in total. The van der Waals surface area contributed by atoms with Crippen molar-refractivity contribution in [3.05, 3.63) is 23.8 Å². The summed E-state index contributed by atoms with van der Waals surface area (Å²) < 4.78 is 0. The summed E-state index contributed by atoms with van der Waals surface area (Å²) >= 11 is 0. The Balaban J connectivity index is 2.01. The summed E-state index contributed by atoms with van der Waals surface area (Å²) in [6, 6.07) is 4.14. The monoisotopic (exact) mass is 279 g/mol. The third kappa shape index (κ3) is 3.42. The number of hydrogen-bond acceptors (Lipinski definition) is 4. The number of hydrogen-bond donors (Lipinski definition) is 4. The molecule has 0 aliphatic heterocycles. The van der Waals surface area contributed by atoms with Crippen LogP contribution in [-0.2, 0) is 0 Å². The van der Waals surface area contributed by atoms with Gasteiger partial charge in [-0.25, -0.2) is 0 Å². The minimum atomic E-state index is -0.883. The molecule has 1 aliphatic rings. The quantitative estimate of drug-likeness (QED) is 0.636. The summed E-state index contributed by atoms with van der Waals surface area (Å²) in [7, 11) is 0. The van der Waals surface area contributed by atoms with Crippen LogP contribution in [0.5, 0.6) is 11.5 Å². The zero-order valence-corrected chi connectivity index (χ0v) is 11.4. The van der Waals surface area contributed by atoms with Gasteiger partial charge in [0.1, 0.15) is 17.1 Å². The van der Waals surface area contributed by atoms with Crippen LogP contribution >= 0.6 is 0 Å². The molecule has 0 atom stereocenters. The second kappa shape index (κ2) is 6.13. The molecule has 1 saturated carbocycles. The largest absolute Gasteiger partial charge is 0.507 e. The fraction of sp³-hybridized carbons (Fsp3) is 0.533. The van der Waals surface area contributed by atoms with Gasteiger partial charge in [0.25, 0.3) is 5.91 Å². The summed E-state index contributed by atoms with van der Waals surface area (Å²) in [4.78, 5) is 12.0. The first kappa shape index (κ1) is 14.7. The molecule has 1 aromatic rings. The summed E-state index contributed by atoms with van der Waals surface area (Å²) in [6.07, 6.45) is 5.45. The molecule has 0 saturated heterocycles. The van der Waals surface area contributed by atoms with Crippen LogP contribution in [-0.4, -0.2) is 33.4 Å². The van der Waals surface area contributed by atoms with Crippen LogP contribution in [0.3, 0.4) is 0 Å². The average molecular weight is 279 g/mol. The highest BCUT2D eigenvalue weighted by Gasteiger charge is 2.29. The molecule has 5 heteroatoms. The van der Waals surface area contributed by atoms with Crippen LogP contribution in [0.1, 0.15) is 48.9 Å². The molecule has 4 N–H and O–H groups in total. The SMILES string of the molecule is O=C(NCC1(O)CCCCCC1)c1c(O)cccc1O. The van der Waals surface area contributed by atoms with Crippen LogP contribution in [0.15, 0.2) is 18.2 Å². The second-order valence-electron chi connectivity index (χ2n) is 5.49. The average Bonchev–Trinajstić information content (AvgIpc) is 2.62. The number of phenols is 2. The highest BCUT2D eigenvalue weighted by Crippen LogP contribution is 2.28. The van der Waals surface area contributed by atoms with Crippen molar-refractivity contribution in [3.8, 4) is 11.5 Å². The summed E-state index contributed by atoms with van der Waals surface area (Å²) in [6.45, 7) is 0.138. The molecule has 0 aromatic heterocycles. The number of carbonyl (C=O) groups excluding carboxylic acids is 1. The van der Waals surface area contributed by atoms with E-state index in [2.05, 4.69) is 5.32 Å². The Kier molecular flexibility index (Phi) is 4.49. The molecule has 20 heavy (non-hydrogen) atoms. The van der Waals surface area contributed by atoms with Crippen molar-refractivity contribution in [3.63, 3.8) is 0 Å². The maximum Gasteiger partial charge on any atom is 0.258 e. The van der Waals surface area contributed by atoms with Crippen molar-refractivity contribution in [1.82, 2.24) is 5.32 Å². The molecule has 0 unspecified atom stereocenters. The predicted octanol–water partition coefficient (Wildman–Crippen LogP) is 1.91. The molecular weight excluding hydrogens is 258 g/mol. The first-order chi connectivity index (χ1) is 9.52. The number of benzene rings is 1. The Hall–Kier alpha value is -1.75. The van der Waals surface area contributed by atoms with Crippen molar-refractivity contribution in [2.75, 3.05) is 6.54 Å². The molecule has 1 fully saturated rings. The lowest BCUT2D eigenvalue weighted by Gasteiger charge is -2.26. The number of phenolic OH excluding ortho intramolecular Hbond substituents is 2. The number of amides is 1. The highest BCUT2D eigenvalue weighted by molar-refractivity contribution is 5.99. The van der Waals surface area contributed by atoms with E-state index in [1.165, 1.54) is 18.2 Å². The van der Waals surface area contributed by atoms with Gasteiger partial charge >= 0.3 is 0 Å². The summed E-state index contributed by atoms with van der Waals surface area (Å²) in [5.74, 6) is -1.11. The molecule has 1 amide bonds. The fourth-order valence-electron chi connectivity index (χ4n) is 2.66. The van der Waals surface area contributed by atoms with Gasteiger partial charge in [0.2, 0.25) is 0 Å². The molecule has 0 radical (unpaired) electrons. The maximum absolute atomic E-state index is 12.0. The zero-order chi connectivity index (χ0) is 14.6.